The van der Waals surface area contributed by atoms with Crippen LogP contribution in [0.25, 0.3) is 0 Å². The fourth-order valence-corrected chi connectivity index (χ4v) is 6.27. The number of sulfone groups is 1. The van der Waals surface area contributed by atoms with E-state index in [1.807, 2.05) is 0 Å². The van der Waals surface area contributed by atoms with Crippen molar-refractivity contribution < 1.29 is 31.2 Å². The number of hydrogen-bond donors (Lipinski definition) is 1. The Kier molecular flexibility index (Phi) is 7.64. The molecule has 0 bridgehead atoms. The van der Waals surface area contributed by atoms with Gasteiger partial charge in [-0.1, -0.05) is 32.0 Å². The molecule has 0 spiro atoms. The molecule has 1 aliphatic heterocycles. The first kappa shape index (κ1) is 24.3. The third-order valence-corrected chi connectivity index (χ3v) is 8.21. The zero-order valence-electron chi connectivity index (χ0n) is 17.4. The Labute approximate surface area is 177 Å². The van der Waals surface area contributed by atoms with Gasteiger partial charge in [0.15, 0.2) is 15.9 Å². The number of esters is 1. The second kappa shape index (κ2) is 9.44. The van der Waals surface area contributed by atoms with E-state index in [1.54, 1.807) is 32.0 Å². The van der Waals surface area contributed by atoms with E-state index in [-0.39, 0.29) is 16.4 Å². The Morgan fingerprint density at radius 1 is 1.17 bits per heavy atom. The summed E-state index contributed by atoms with van der Waals surface area (Å²) in [4.78, 5) is 26.5. The summed E-state index contributed by atoms with van der Waals surface area (Å²) in [7, 11) is -5.66. The predicted molar refractivity (Wildman–Crippen MR) is 111 cm³/mol. The standard InChI is InChI=1S/C19H28N2O7S2/c1-13(2)17(20-30(26,27)16-8-6-5-7-9-16)19(23)28-14(3)18(22)21(4)15-10-11-29(24,25)12-15/h5-9,13-15,17,20H,10-12H2,1-4H3/t14-,15+,17-/m0/s1. The minimum absolute atomic E-state index is 0.00903. The Balaban J connectivity index is 2.06. The lowest BCUT2D eigenvalue weighted by Gasteiger charge is -2.28. The first-order valence-corrected chi connectivity index (χ1v) is 12.9. The van der Waals surface area contributed by atoms with Crippen molar-refractivity contribution in [3.8, 4) is 0 Å². The fraction of sp³-hybridized carbons (Fsp3) is 0.579. The van der Waals surface area contributed by atoms with Gasteiger partial charge in [-0.2, -0.15) is 4.72 Å². The number of sulfonamides is 1. The predicted octanol–water partition coefficient (Wildman–Crippen LogP) is 0.567. The first-order valence-electron chi connectivity index (χ1n) is 9.59. The van der Waals surface area contributed by atoms with E-state index < -0.39 is 55.8 Å². The van der Waals surface area contributed by atoms with Crippen molar-refractivity contribution in [1.29, 1.82) is 0 Å². The molecule has 1 amide bonds. The molecule has 0 aromatic heterocycles. The van der Waals surface area contributed by atoms with Gasteiger partial charge >= 0.3 is 5.97 Å². The Morgan fingerprint density at radius 2 is 1.77 bits per heavy atom. The molecule has 1 aromatic rings. The topological polar surface area (TPSA) is 127 Å². The molecule has 1 N–H and O–H groups in total. The molecule has 1 fully saturated rings. The highest BCUT2D eigenvalue weighted by Crippen LogP contribution is 2.18. The summed E-state index contributed by atoms with van der Waals surface area (Å²) in [6, 6.07) is 5.95. The van der Waals surface area contributed by atoms with Crippen LogP contribution in [0.4, 0.5) is 0 Å². The number of nitrogens with one attached hydrogen (secondary N) is 1. The average Bonchev–Trinajstić information content (AvgIpc) is 3.05. The molecule has 0 radical (unpaired) electrons. The van der Waals surface area contributed by atoms with E-state index in [9.17, 15) is 26.4 Å². The number of carbonyl (C=O) groups excluding carboxylic acids is 2. The van der Waals surface area contributed by atoms with Crippen LogP contribution in [0.2, 0.25) is 0 Å². The second-order valence-electron chi connectivity index (χ2n) is 7.74. The first-order chi connectivity index (χ1) is 13.8. The summed E-state index contributed by atoms with van der Waals surface area (Å²) in [5.74, 6) is -1.96. The maximum absolute atomic E-state index is 12.6. The number of rotatable bonds is 8. The molecule has 168 valence electrons. The van der Waals surface area contributed by atoms with Crippen LogP contribution in [0.1, 0.15) is 27.2 Å². The number of benzene rings is 1. The average molecular weight is 461 g/mol. The van der Waals surface area contributed by atoms with Gasteiger partial charge in [-0.25, -0.2) is 16.8 Å². The van der Waals surface area contributed by atoms with Crippen LogP contribution >= 0.6 is 0 Å². The second-order valence-corrected chi connectivity index (χ2v) is 11.7. The van der Waals surface area contributed by atoms with E-state index in [2.05, 4.69) is 4.72 Å². The maximum Gasteiger partial charge on any atom is 0.325 e. The monoisotopic (exact) mass is 460 g/mol. The lowest BCUT2D eigenvalue weighted by molar-refractivity contribution is -0.161. The van der Waals surface area contributed by atoms with Crippen LogP contribution in [-0.4, -0.2) is 70.4 Å². The normalized spacial score (nSPS) is 20.5. The summed E-state index contributed by atoms with van der Waals surface area (Å²) in [6.07, 6.45) is -0.857. The Bertz CT molecular complexity index is 975. The Hall–Kier alpha value is -1.98. The van der Waals surface area contributed by atoms with Crippen LogP contribution in [0.3, 0.4) is 0 Å². The quantitative estimate of drug-likeness (QED) is 0.562. The molecular weight excluding hydrogens is 432 g/mol. The van der Waals surface area contributed by atoms with E-state index in [0.717, 1.165) is 0 Å². The summed E-state index contributed by atoms with van der Waals surface area (Å²) < 4.78 is 56.0. The van der Waals surface area contributed by atoms with Crippen molar-refractivity contribution in [2.75, 3.05) is 18.6 Å². The number of amides is 1. The van der Waals surface area contributed by atoms with Crippen molar-refractivity contribution in [3.63, 3.8) is 0 Å². The van der Waals surface area contributed by atoms with Gasteiger partial charge in [-0.05, 0) is 31.4 Å². The molecule has 1 heterocycles. The zero-order valence-corrected chi connectivity index (χ0v) is 19.1. The molecule has 0 aliphatic carbocycles. The van der Waals surface area contributed by atoms with Crippen molar-refractivity contribution in [1.82, 2.24) is 9.62 Å². The van der Waals surface area contributed by atoms with Gasteiger partial charge in [-0.3, -0.25) is 9.59 Å². The lowest BCUT2D eigenvalue weighted by Crippen LogP contribution is -2.49. The number of likely N-dealkylation sites (N-methyl/N-ethyl adjacent to an activating group) is 1. The summed E-state index contributed by atoms with van der Waals surface area (Å²) in [5.41, 5.74) is 0. The van der Waals surface area contributed by atoms with Gasteiger partial charge in [0, 0.05) is 13.1 Å². The van der Waals surface area contributed by atoms with Crippen LogP contribution in [-0.2, 0) is 34.2 Å². The molecule has 1 aromatic carbocycles. The smallest absolute Gasteiger partial charge is 0.325 e. The summed E-state index contributed by atoms with van der Waals surface area (Å²) in [5, 5.41) is 0. The molecule has 0 unspecified atom stereocenters. The third-order valence-electron chi connectivity index (χ3n) is 5.00. The highest BCUT2D eigenvalue weighted by atomic mass is 32.2. The van der Waals surface area contributed by atoms with E-state index >= 15 is 0 Å². The molecule has 11 heteroatoms. The number of ether oxygens (including phenoxy) is 1. The molecule has 0 saturated carbocycles. The molecule has 1 aliphatic rings. The summed E-state index contributed by atoms with van der Waals surface area (Å²) >= 11 is 0. The van der Waals surface area contributed by atoms with Crippen molar-refractivity contribution >= 4 is 31.7 Å². The van der Waals surface area contributed by atoms with Crippen LogP contribution in [0, 0.1) is 5.92 Å². The van der Waals surface area contributed by atoms with E-state index in [0.29, 0.717) is 6.42 Å². The molecule has 2 rings (SSSR count). The number of carbonyl (C=O) groups is 2. The van der Waals surface area contributed by atoms with Gasteiger partial charge in [0.25, 0.3) is 5.91 Å². The third kappa shape index (κ3) is 6.02. The van der Waals surface area contributed by atoms with Crippen LogP contribution in [0.5, 0.6) is 0 Å². The van der Waals surface area contributed by atoms with Gasteiger partial charge < -0.3 is 9.64 Å². The maximum atomic E-state index is 12.6. The largest absolute Gasteiger partial charge is 0.451 e. The highest BCUT2D eigenvalue weighted by Gasteiger charge is 2.36. The molecule has 30 heavy (non-hydrogen) atoms. The molecule has 3 atom stereocenters. The molecule has 9 nitrogen and oxygen atoms in total. The molecular formula is C19H28N2O7S2. The fourth-order valence-electron chi connectivity index (χ4n) is 3.14. The van der Waals surface area contributed by atoms with E-state index in [1.165, 1.54) is 31.0 Å². The van der Waals surface area contributed by atoms with Crippen LogP contribution in [0.15, 0.2) is 35.2 Å². The highest BCUT2D eigenvalue weighted by molar-refractivity contribution is 7.91. The van der Waals surface area contributed by atoms with Crippen molar-refractivity contribution in [2.24, 2.45) is 5.92 Å². The zero-order chi connectivity index (χ0) is 22.7. The van der Waals surface area contributed by atoms with Gasteiger partial charge in [-0.15, -0.1) is 0 Å². The van der Waals surface area contributed by atoms with Crippen LogP contribution < -0.4 is 4.72 Å². The minimum atomic E-state index is -3.96. The minimum Gasteiger partial charge on any atom is -0.451 e. The molecule has 1 saturated heterocycles. The van der Waals surface area contributed by atoms with Gasteiger partial charge in [0.1, 0.15) is 6.04 Å². The number of hydrogen-bond acceptors (Lipinski definition) is 7. The van der Waals surface area contributed by atoms with E-state index in [4.69, 9.17) is 4.74 Å². The SMILES string of the molecule is CC(C)[C@H](NS(=O)(=O)c1ccccc1)C(=O)O[C@@H](C)C(=O)N(C)[C@@H]1CCS(=O)(=O)C1. The summed E-state index contributed by atoms with van der Waals surface area (Å²) in [6.45, 7) is 4.69. The van der Waals surface area contributed by atoms with Gasteiger partial charge in [0.05, 0.1) is 16.4 Å². The van der Waals surface area contributed by atoms with Gasteiger partial charge in [0.2, 0.25) is 10.0 Å². The Morgan fingerprint density at radius 3 is 2.27 bits per heavy atom. The van der Waals surface area contributed by atoms with Crippen molar-refractivity contribution in [3.05, 3.63) is 30.3 Å². The lowest BCUT2D eigenvalue weighted by atomic mass is 10.1. The van der Waals surface area contributed by atoms with Crippen molar-refractivity contribution in [2.45, 2.75) is 50.3 Å². The number of nitrogens with zero attached hydrogens (tertiary/aromatic N) is 1.